The van der Waals surface area contributed by atoms with E-state index in [-0.39, 0.29) is 11.9 Å². The van der Waals surface area contributed by atoms with Crippen molar-refractivity contribution in [2.45, 2.75) is 25.3 Å². The number of hydrogen-bond donors (Lipinski definition) is 0. The zero-order valence-corrected chi connectivity index (χ0v) is 19.5. The topological polar surface area (TPSA) is 70.1 Å². The van der Waals surface area contributed by atoms with Crippen molar-refractivity contribution in [3.63, 3.8) is 0 Å². The Morgan fingerprint density at radius 1 is 1.03 bits per heavy atom. The summed E-state index contributed by atoms with van der Waals surface area (Å²) in [6.45, 7) is 2.01. The number of rotatable bonds is 5. The highest BCUT2D eigenvalue weighted by atomic mass is 32.1. The van der Waals surface area contributed by atoms with Crippen LogP contribution in [0.5, 0.6) is 23.0 Å². The molecule has 1 amide bonds. The van der Waals surface area contributed by atoms with Gasteiger partial charge in [0.15, 0.2) is 23.0 Å². The molecule has 1 atom stereocenters. The summed E-state index contributed by atoms with van der Waals surface area (Å²) >= 11 is 1.45. The largest absolute Gasteiger partial charge is 0.493 e. The van der Waals surface area contributed by atoms with E-state index < -0.39 is 0 Å². The van der Waals surface area contributed by atoms with Crippen LogP contribution in [0.15, 0.2) is 41.8 Å². The zero-order valence-electron chi connectivity index (χ0n) is 18.7. The third-order valence-corrected chi connectivity index (χ3v) is 6.92. The molecule has 1 unspecified atom stereocenters. The molecule has 3 heterocycles. The van der Waals surface area contributed by atoms with Crippen molar-refractivity contribution >= 4 is 17.2 Å². The maximum absolute atomic E-state index is 13.4. The molecule has 33 heavy (non-hydrogen) atoms. The quantitative estimate of drug-likeness (QED) is 0.529. The first kappa shape index (κ1) is 21.6. The van der Waals surface area contributed by atoms with E-state index in [0.717, 1.165) is 46.9 Å². The fraction of sp³-hybridized carbons (Fsp3) is 0.360. The molecule has 1 saturated heterocycles. The summed E-state index contributed by atoms with van der Waals surface area (Å²) in [5.74, 6) is 2.77. The van der Waals surface area contributed by atoms with Crippen LogP contribution in [0.2, 0.25) is 0 Å². The first-order valence-electron chi connectivity index (χ1n) is 11.1. The number of carbonyl (C=O) groups excluding carboxylic acids is 1. The lowest BCUT2D eigenvalue weighted by Gasteiger charge is -2.25. The Hall–Kier alpha value is -3.26. The second-order valence-electron chi connectivity index (χ2n) is 8.02. The number of benzene rings is 2. The molecule has 1 aromatic heterocycles. The van der Waals surface area contributed by atoms with E-state index in [9.17, 15) is 4.79 Å². The number of carbonyl (C=O) groups is 1. The van der Waals surface area contributed by atoms with E-state index >= 15 is 0 Å². The van der Waals surface area contributed by atoms with Crippen molar-refractivity contribution in [2.24, 2.45) is 0 Å². The molecule has 2 aliphatic rings. The molecule has 0 N–H and O–H groups in total. The fourth-order valence-electron chi connectivity index (χ4n) is 4.36. The number of thiazole rings is 1. The summed E-state index contributed by atoms with van der Waals surface area (Å²) in [4.78, 5) is 20.0. The summed E-state index contributed by atoms with van der Waals surface area (Å²) in [7, 11) is 3.21. The number of methoxy groups -OCH3 is 2. The Labute approximate surface area is 196 Å². The highest BCUT2D eigenvalue weighted by Crippen LogP contribution is 2.39. The molecule has 172 valence electrons. The van der Waals surface area contributed by atoms with Gasteiger partial charge < -0.3 is 23.8 Å². The van der Waals surface area contributed by atoms with Gasteiger partial charge in [-0.05, 0) is 48.7 Å². The van der Waals surface area contributed by atoms with Gasteiger partial charge in [-0.3, -0.25) is 4.79 Å². The Bertz CT molecular complexity index is 1160. The lowest BCUT2D eigenvalue weighted by molar-refractivity contribution is 0.0730. The van der Waals surface area contributed by atoms with Crippen molar-refractivity contribution in [1.29, 1.82) is 0 Å². The standard InChI is InChI=1S/C25H26N2O5S/c1-29-20-8-7-17(14-22(20)30-2)24-26-18(15-33-24)25(28)27-10-3-5-19(27)16-6-9-21-23(13-16)32-12-4-11-31-21/h6-9,13-15,19H,3-5,10-12H2,1-2H3. The van der Waals surface area contributed by atoms with Gasteiger partial charge in [-0.15, -0.1) is 11.3 Å². The highest BCUT2D eigenvalue weighted by Gasteiger charge is 2.32. The Balaban J connectivity index is 1.38. The van der Waals surface area contributed by atoms with Gasteiger partial charge in [0, 0.05) is 23.9 Å². The molecule has 0 spiro atoms. The lowest BCUT2D eigenvalue weighted by Crippen LogP contribution is -2.30. The van der Waals surface area contributed by atoms with Gasteiger partial charge in [0.25, 0.3) is 5.91 Å². The second kappa shape index (κ2) is 9.31. The normalized spacial score (nSPS) is 17.5. The summed E-state index contributed by atoms with van der Waals surface area (Å²) < 4.78 is 22.3. The van der Waals surface area contributed by atoms with Crippen molar-refractivity contribution in [1.82, 2.24) is 9.88 Å². The molecular weight excluding hydrogens is 440 g/mol. The van der Waals surface area contributed by atoms with Crippen LogP contribution in [-0.4, -0.2) is 49.8 Å². The van der Waals surface area contributed by atoms with Crippen LogP contribution in [0.25, 0.3) is 10.6 Å². The maximum Gasteiger partial charge on any atom is 0.273 e. The average molecular weight is 467 g/mol. The van der Waals surface area contributed by atoms with E-state index in [1.807, 2.05) is 46.7 Å². The number of hydrogen-bond acceptors (Lipinski definition) is 7. The van der Waals surface area contributed by atoms with Crippen molar-refractivity contribution in [2.75, 3.05) is 34.0 Å². The van der Waals surface area contributed by atoms with Gasteiger partial charge in [-0.25, -0.2) is 4.98 Å². The Kier molecular flexibility index (Phi) is 6.09. The van der Waals surface area contributed by atoms with Gasteiger partial charge in [-0.2, -0.15) is 0 Å². The number of nitrogens with zero attached hydrogens (tertiary/aromatic N) is 2. The van der Waals surface area contributed by atoms with E-state index in [2.05, 4.69) is 4.98 Å². The molecule has 5 rings (SSSR count). The molecule has 2 aromatic carbocycles. The second-order valence-corrected chi connectivity index (χ2v) is 8.88. The number of amides is 1. The Morgan fingerprint density at radius 2 is 1.85 bits per heavy atom. The SMILES string of the molecule is COc1ccc(-c2nc(C(=O)N3CCCC3c3ccc4c(c3)OCCCO4)cs2)cc1OC. The first-order chi connectivity index (χ1) is 16.2. The third-order valence-electron chi connectivity index (χ3n) is 6.02. The van der Waals surface area contributed by atoms with Crippen molar-refractivity contribution < 1.29 is 23.7 Å². The van der Waals surface area contributed by atoms with Crippen LogP contribution >= 0.6 is 11.3 Å². The van der Waals surface area contributed by atoms with Gasteiger partial charge in [0.2, 0.25) is 0 Å². The number of aromatic nitrogens is 1. The van der Waals surface area contributed by atoms with Crippen LogP contribution < -0.4 is 18.9 Å². The number of fused-ring (bicyclic) bond motifs is 1. The van der Waals surface area contributed by atoms with Crippen molar-refractivity contribution in [3.05, 3.63) is 53.0 Å². The lowest BCUT2D eigenvalue weighted by atomic mass is 10.0. The summed E-state index contributed by atoms with van der Waals surface area (Å²) in [6.07, 6.45) is 2.74. The Morgan fingerprint density at radius 3 is 2.67 bits per heavy atom. The molecule has 2 aliphatic heterocycles. The maximum atomic E-state index is 13.4. The first-order valence-corrected chi connectivity index (χ1v) is 11.9. The van der Waals surface area contributed by atoms with Gasteiger partial charge in [0.05, 0.1) is 33.5 Å². The van der Waals surface area contributed by atoms with E-state index in [0.29, 0.717) is 37.0 Å². The zero-order chi connectivity index (χ0) is 22.8. The smallest absolute Gasteiger partial charge is 0.273 e. The van der Waals surface area contributed by atoms with Gasteiger partial charge in [0.1, 0.15) is 10.7 Å². The molecule has 0 saturated carbocycles. The van der Waals surface area contributed by atoms with E-state index in [4.69, 9.17) is 18.9 Å². The molecule has 7 nitrogen and oxygen atoms in total. The number of ether oxygens (including phenoxy) is 4. The predicted octanol–water partition coefficient (Wildman–Crippen LogP) is 4.97. The molecule has 0 radical (unpaired) electrons. The van der Waals surface area contributed by atoms with Crippen LogP contribution in [0, 0.1) is 0 Å². The van der Waals surface area contributed by atoms with E-state index in [1.54, 1.807) is 14.2 Å². The molecule has 8 heteroatoms. The average Bonchev–Trinajstić information content (AvgIpc) is 3.48. The molecule has 0 bridgehead atoms. The highest BCUT2D eigenvalue weighted by molar-refractivity contribution is 7.13. The summed E-state index contributed by atoms with van der Waals surface area (Å²) in [6, 6.07) is 11.7. The molecule has 0 aliphatic carbocycles. The van der Waals surface area contributed by atoms with Gasteiger partial charge >= 0.3 is 0 Å². The fourth-order valence-corrected chi connectivity index (χ4v) is 5.16. The summed E-state index contributed by atoms with van der Waals surface area (Å²) in [5, 5.41) is 2.60. The monoisotopic (exact) mass is 466 g/mol. The van der Waals surface area contributed by atoms with Crippen molar-refractivity contribution in [3.8, 4) is 33.6 Å². The minimum absolute atomic E-state index is 0.000818. The predicted molar refractivity (Wildman–Crippen MR) is 126 cm³/mol. The van der Waals surface area contributed by atoms with Crippen LogP contribution in [0.1, 0.15) is 41.4 Å². The molecule has 1 fully saturated rings. The van der Waals surface area contributed by atoms with Crippen LogP contribution in [0.3, 0.4) is 0 Å². The van der Waals surface area contributed by atoms with Gasteiger partial charge in [-0.1, -0.05) is 6.07 Å². The minimum Gasteiger partial charge on any atom is -0.493 e. The van der Waals surface area contributed by atoms with Crippen LogP contribution in [-0.2, 0) is 0 Å². The summed E-state index contributed by atoms with van der Waals surface area (Å²) in [5.41, 5.74) is 2.42. The van der Waals surface area contributed by atoms with Crippen LogP contribution in [0.4, 0.5) is 0 Å². The minimum atomic E-state index is -0.0485. The van der Waals surface area contributed by atoms with E-state index in [1.165, 1.54) is 11.3 Å². The third kappa shape index (κ3) is 4.23. The molecular formula is C25H26N2O5S. The number of likely N-dealkylation sites (tertiary alicyclic amines) is 1. The molecule has 3 aromatic rings.